The van der Waals surface area contributed by atoms with Crippen LogP contribution >= 0.6 is 11.8 Å². The standard InChI is InChI=1S/C23H26N4O4S2/c1-15-7-9-19-18(12-15)22(29)26(4)23(24-19)32-14-21(28)27-11-5-6-16-13-17(8-10-20(16)27)33(30,31)25(2)3/h7-10,12-13H,5-6,11,14H2,1-4H3. The van der Waals surface area contributed by atoms with Crippen molar-refractivity contribution >= 4 is 44.3 Å². The van der Waals surface area contributed by atoms with E-state index in [0.29, 0.717) is 29.0 Å². The predicted octanol–water partition coefficient (Wildman–Crippen LogP) is 2.56. The number of thioether (sulfide) groups is 1. The van der Waals surface area contributed by atoms with Crippen LogP contribution in [-0.4, -0.2) is 54.6 Å². The Bertz CT molecular complexity index is 1410. The molecule has 10 heteroatoms. The molecule has 0 N–H and O–H groups in total. The Morgan fingerprint density at radius 1 is 1.18 bits per heavy atom. The quantitative estimate of drug-likeness (QED) is 0.407. The lowest BCUT2D eigenvalue weighted by atomic mass is 10.0. The summed E-state index contributed by atoms with van der Waals surface area (Å²) in [7, 11) is 1.12. The van der Waals surface area contributed by atoms with Crippen molar-refractivity contribution in [3.05, 3.63) is 57.9 Å². The molecule has 1 amide bonds. The summed E-state index contributed by atoms with van der Waals surface area (Å²) in [6.07, 6.45) is 1.46. The second-order valence-corrected chi connectivity index (χ2v) is 11.4. The summed E-state index contributed by atoms with van der Waals surface area (Å²) in [5.74, 6) is 0.0110. The lowest BCUT2D eigenvalue weighted by Gasteiger charge is -2.30. The molecule has 174 valence electrons. The average Bonchev–Trinajstić information content (AvgIpc) is 2.79. The maximum absolute atomic E-state index is 13.1. The van der Waals surface area contributed by atoms with Crippen molar-refractivity contribution in [2.45, 2.75) is 29.8 Å². The third-order valence-electron chi connectivity index (χ3n) is 5.76. The number of rotatable bonds is 5. The first kappa shape index (κ1) is 23.5. The lowest BCUT2D eigenvalue weighted by Crippen LogP contribution is -2.37. The van der Waals surface area contributed by atoms with Gasteiger partial charge in [-0.3, -0.25) is 14.2 Å². The third kappa shape index (κ3) is 4.42. The zero-order chi connectivity index (χ0) is 23.9. The molecule has 1 aliphatic heterocycles. The van der Waals surface area contributed by atoms with Gasteiger partial charge >= 0.3 is 0 Å². The van der Waals surface area contributed by atoms with Crippen LogP contribution in [0.25, 0.3) is 10.9 Å². The molecule has 2 heterocycles. The summed E-state index contributed by atoms with van der Waals surface area (Å²) >= 11 is 1.23. The number of aryl methyl sites for hydroxylation is 2. The van der Waals surface area contributed by atoms with Gasteiger partial charge in [0, 0.05) is 33.4 Å². The highest BCUT2D eigenvalue weighted by molar-refractivity contribution is 7.99. The number of amides is 1. The van der Waals surface area contributed by atoms with Crippen LogP contribution < -0.4 is 10.5 Å². The smallest absolute Gasteiger partial charge is 0.261 e. The van der Waals surface area contributed by atoms with Crippen molar-refractivity contribution in [2.24, 2.45) is 7.05 Å². The van der Waals surface area contributed by atoms with Crippen molar-refractivity contribution in [2.75, 3.05) is 31.3 Å². The molecular formula is C23H26N4O4S2. The Morgan fingerprint density at radius 2 is 1.94 bits per heavy atom. The highest BCUT2D eigenvalue weighted by Crippen LogP contribution is 2.31. The molecule has 0 saturated carbocycles. The Balaban J connectivity index is 1.57. The van der Waals surface area contributed by atoms with Crippen LogP contribution in [0, 0.1) is 6.92 Å². The monoisotopic (exact) mass is 486 g/mol. The summed E-state index contributed by atoms with van der Waals surface area (Å²) in [4.78, 5) is 32.3. The normalized spacial score (nSPS) is 14.0. The SMILES string of the molecule is Cc1ccc2nc(SCC(=O)N3CCCc4cc(S(=O)(=O)N(C)C)ccc43)n(C)c(=O)c2c1. The number of nitrogens with zero attached hydrogens (tertiary/aromatic N) is 4. The number of carbonyl (C=O) groups is 1. The molecule has 0 bridgehead atoms. The molecule has 4 rings (SSSR count). The number of carbonyl (C=O) groups excluding carboxylic acids is 1. The van der Waals surface area contributed by atoms with E-state index in [4.69, 9.17) is 0 Å². The fourth-order valence-electron chi connectivity index (χ4n) is 3.90. The van der Waals surface area contributed by atoms with Gasteiger partial charge in [0.15, 0.2) is 5.16 Å². The van der Waals surface area contributed by atoms with Gasteiger partial charge in [0.2, 0.25) is 15.9 Å². The van der Waals surface area contributed by atoms with E-state index in [0.717, 1.165) is 23.2 Å². The van der Waals surface area contributed by atoms with Gasteiger partial charge in [-0.15, -0.1) is 0 Å². The van der Waals surface area contributed by atoms with Gasteiger partial charge in [-0.1, -0.05) is 23.4 Å². The van der Waals surface area contributed by atoms with E-state index in [1.807, 2.05) is 25.1 Å². The summed E-state index contributed by atoms with van der Waals surface area (Å²) in [6.45, 7) is 2.49. The maximum atomic E-state index is 13.1. The molecule has 0 radical (unpaired) electrons. The Kier molecular flexibility index (Phi) is 6.35. The van der Waals surface area contributed by atoms with Crippen molar-refractivity contribution in [1.29, 1.82) is 0 Å². The largest absolute Gasteiger partial charge is 0.311 e. The van der Waals surface area contributed by atoms with Crippen molar-refractivity contribution in [3.63, 3.8) is 0 Å². The van der Waals surface area contributed by atoms with Crippen LogP contribution in [0.3, 0.4) is 0 Å². The van der Waals surface area contributed by atoms with Crippen molar-refractivity contribution in [3.8, 4) is 0 Å². The average molecular weight is 487 g/mol. The van der Waals surface area contributed by atoms with Gasteiger partial charge in [0.1, 0.15) is 0 Å². The van der Waals surface area contributed by atoms with Gasteiger partial charge in [0.05, 0.1) is 21.6 Å². The molecule has 0 saturated heterocycles. The van der Waals surface area contributed by atoms with Crippen molar-refractivity contribution in [1.82, 2.24) is 13.9 Å². The topological polar surface area (TPSA) is 92.6 Å². The molecule has 1 aliphatic rings. The molecular weight excluding hydrogens is 460 g/mol. The number of hydrogen-bond donors (Lipinski definition) is 0. The van der Waals surface area contributed by atoms with E-state index in [2.05, 4.69) is 4.98 Å². The van der Waals surface area contributed by atoms with Gasteiger partial charge in [0.25, 0.3) is 5.56 Å². The van der Waals surface area contributed by atoms with E-state index in [9.17, 15) is 18.0 Å². The number of benzene rings is 2. The minimum absolute atomic E-state index is 0.109. The Labute approximate surface area is 197 Å². The minimum Gasteiger partial charge on any atom is -0.311 e. The summed E-state index contributed by atoms with van der Waals surface area (Å²) in [5.41, 5.74) is 3.03. The fraction of sp³-hybridized carbons (Fsp3) is 0.348. The molecule has 3 aromatic rings. The van der Waals surface area contributed by atoms with E-state index >= 15 is 0 Å². The van der Waals surface area contributed by atoms with E-state index < -0.39 is 10.0 Å². The minimum atomic E-state index is -3.54. The molecule has 0 spiro atoms. The lowest BCUT2D eigenvalue weighted by molar-refractivity contribution is -0.116. The zero-order valence-corrected chi connectivity index (χ0v) is 20.7. The van der Waals surface area contributed by atoms with Crippen LogP contribution in [0.2, 0.25) is 0 Å². The van der Waals surface area contributed by atoms with Gasteiger partial charge in [-0.2, -0.15) is 0 Å². The third-order valence-corrected chi connectivity index (χ3v) is 8.59. The highest BCUT2D eigenvalue weighted by atomic mass is 32.2. The number of aromatic nitrogens is 2. The number of hydrogen-bond acceptors (Lipinski definition) is 6. The molecule has 33 heavy (non-hydrogen) atoms. The molecule has 0 aliphatic carbocycles. The Morgan fingerprint density at radius 3 is 2.67 bits per heavy atom. The predicted molar refractivity (Wildman–Crippen MR) is 130 cm³/mol. The van der Waals surface area contributed by atoms with Crippen LogP contribution in [0.1, 0.15) is 17.5 Å². The summed E-state index contributed by atoms with van der Waals surface area (Å²) < 4.78 is 27.6. The van der Waals surface area contributed by atoms with Gasteiger partial charge in [-0.25, -0.2) is 17.7 Å². The first-order valence-electron chi connectivity index (χ1n) is 10.6. The van der Waals surface area contributed by atoms with E-state index in [-0.39, 0.29) is 22.1 Å². The Hall–Kier alpha value is -2.69. The first-order chi connectivity index (χ1) is 15.6. The molecule has 0 atom stereocenters. The number of anilines is 1. The van der Waals surface area contributed by atoms with Crippen LogP contribution in [0.15, 0.2) is 51.2 Å². The second-order valence-electron chi connectivity index (χ2n) is 8.29. The summed E-state index contributed by atoms with van der Waals surface area (Å²) in [5, 5.41) is 1.04. The molecule has 2 aromatic carbocycles. The van der Waals surface area contributed by atoms with Crippen molar-refractivity contribution < 1.29 is 13.2 Å². The zero-order valence-electron chi connectivity index (χ0n) is 19.0. The van der Waals surface area contributed by atoms with E-state index in [1.165, 1.54) is 34.7 Å². The number of sulfonamides is 1. The first-order valence-corrected chi connectivity index (χ1v) is 13.0. The fourth-order valence-corrected chi connectivity index (χ4v) is 5.70. The molecule has 1 aromatic heterocycles. The molecule has 8 nitrogen and oxygen atoms in total. The highest BCUT2D eigenvalue weighted by Gasteiger charge is 2.26. The molecule has 0 unspecified atom stereocenters. The summed E-state index contributed by atoms with van der Waals surface area (Å²) in [6, 6.07) is 10.5. The van der Waals surface area contributed by atoms with Gasteiger partial charge < -0.3 is 4.90 Å². The van der Waals surface area contributed by atoms with E-state index in [1.54, 1.807) is 30.1 Å². The van der Waals surface area contributed by atoms with Crippen LogP contribution in [0.4, 0.5) is 5.69 Å². The second kappa shape index (κ2) is 8.92. The van der Waals surface area contributed by atoms with Crippen LogP contribution in [0.5, 0.6) is 0 Å². The molecule has 0 fully saturated rings. The van der Waals surface area contributed by atoms with Gasteiger partial charge in [-0.05, 0) is 55.7 Å². The van der Waals surface area contributed by atoms with Crippen LogP contribution in [-0.2, 0) is 28.3 Å². The maximum Gasteiger partial charge on any atom is 0.261 e. The number of fused-ring (bicyclic) bond motifs is 2.